The second-order valence-corrected chi connectivity index (χ2v) is 5.14. The molecule has 1 fully saturated rings. The van der Waals surface area contributed by atoms with Crippen LogP contribution in [0.15, 0.2) is 18.2 Å². The van der Waals surface area contributed by atoms with Crippen LogP contribution in [0.3, 0.4) is 0 Å². The molecule has 0 saturated carbocycles. The first-order valence-corrected chi connectivity index (χ1v) is 6.28. The van der Waals surface area contributed by atoms with E-state index < -0.39 is 30.5 Å². The molecule has 1 saturated heterocycles. The Hall–Kier alpha value is -2.23. The van der Waals surface area contributed by atoms with Gasteiger partial charge >= 0.3 is 12.1 Å². The molecule has 1 heterocycles. The lowest BCUT2D eigenvalue weighted by molar-refractivity contribution is -0.225. The molecule has 0 radical (unpaired) electrons. The second kappa shape index (κ2) is 4.95. The van der Waals surface area contributed by atoms with Gasteiger partial charge in [-0.2, -0.15) is 18.4 Å². The van der Waals surface area contributed by atoms with Crippen LogP contribution in [-0.2, 0) is 4.79 Å². The Morgan fingerprint density at radius 1 is 1.48 bits per heavy atom. The van der Waals surface area contributed by atoms with Gasteiger partial charge < -0.3 is 10.0 Å². The molecule has 1 aromatic rings. The van der Waals surface area contributed by atoms with Gasteiger partial charge in [-0.25, -0.2) is 0 Å². The fourth-order valence-corrected chi connectivity index (χ4v) is 2.70. The van der Waals surface area contributed by atoms with E-state index in [1.165, 1.54) is 11.0 Å². The number of hydrogen-bond acceptors (Lipinski definition) is 3. The minimum absolute atomic E-state index is 0.0503. The molecule has 4 nitrogen and oxygen atoms in total. The fourth-order valence-electron chi connectivity index (χ4n) is 2.70. The number of nitriles is 1. The monoisotopic (exact) mass is 298 g/mol. The largest absolute Gasteiger partial charge is 0.481 e. The minimum Gasteiger partial charge on any atom is -0.481 e. The van der Waals surface area contributed by atoms with Gasteiger partial charge in [0.15, 0.2) is 5.41 Å². The van der Waals surface area contributed by atoms with E-state index in [9.17, 15) is 18.0 Å². The molecule has 1 aromatic carbocycles. The highest BCUT2D eigenvalue weighted by atomic mass is 19.4. The molecule has 1 aliphatic rings. The number of carboxylic acids is 1. The Labute approximate surface area is 119 Å². The molecule has 0 spiro atoms. The number of aryl methyl sites for hydroxylation is 1. The maximum Gasteiger partial charge on any atom is 0.406 e. The standard InChI is InChI=1S/C14H13F3N2O2/c1-9-3-2-4-10(7-18)11(9)19-6-5-13(8-19,12(20)21)14(15,16)17/h2-4H,5-6,8H2,1H3,(H,20,21). The van der Waals surface area contributed by atoms with Crippen LogP contribution in [0, 0.1) is 23.7 Å². The number of carbonyl (C=O) groups is 1. The summed E-state index contributed by atoms with van der Waals surface area (Å²) in [5, 5.41) is 18.1. The Balaban J connectivity index is 2.44. The van der Waals surface area contributed by atoms with Crippen LogP contribution in [0.2, 0.25) is 0 Å². The SMILES string of the molecule is Cc1cccc(C#N)c1N1CCC(C(=O)O)(C(F)(F)F)C1. The third-order valence-corrected chi connectivity index (χ3v) is 3.90. The summed E-state index contributed by atoms with van der Waals surface area (Å²) in [5.74, 6) is -1.87. The first kappa shape index (κ1) is 15.2. The Bertz CT molecular complexity index is 622. The van der Waals surface area contributed by atoms with Crippen LogP contribution < -0.4 is 4.90 Å². The second-order valence-electron chi connectivity index (χ2n) is 5.14. The van der Waals surface area contributed by atoms with Gasteiger partial charge in [-0.1, -0.05) is 12.1 Å². The van der Waals surface area contributed by atoms with Gasteiger partial charge in [0.1, 0.15) is 6.07 Å². The van der Waals surface area contributed by atoms with Crippen molar-refractivity contribution in [3.05, 3.63) is 29.3 Å². The predicted molar refractivity (Wildman–Crippen MR) is 68.8 cm³/mol. The van der Waals surface area contributed by atoms with Crippen LogP contribution >= 0.6 is 0 Å². The van der Waals surface area contributed by atoms with Gasteiger partial charge in [0.25, 0.3) is 0 Å². The van der Waals surface area contributed by atoms with E-state index in [1.807, 2.05) is 6.07 Å². The van der Waals surface area contributed by atoms with Crippen molar-refractivity contribution in [1.29, 1.82) is 5.26 Å². The fraction of sp³-hybridized carbons (Fsp3) is 0.429. The quantitative estimate of drug-likeness (QED) is 0.911. The van der Waals surface area contributed by atoms with E-state index in [4.69, 9.17) is 10.4 Å². The van der Waals surface area contributed by atoms with E-state index in [1.54, 1.807) is 19.1 Å². The molecule has 1 unspecified atom stereocenters. The van der Waals surface area contributed by atoms with Crippen LogP contribution in [0.25, 0.3) is 0 Å². The van der Waals surface area contributed by atoms with E-state index in [0.29, 0.717) is 11.3 Å². The normalized spacial score (nSPS) is 22.1. The maximum atomic E-state index is 13.2. The van der Waals surface area contributed by atoms with E-state index in [2.05, 4.69) is 0 Å². The number of rotatable bonds is 2. The average Bonchev–Trinajstić information content (AvgIpc) is 2.83. The molecular formula is C14H13F3N2O2. The molecule has 1 aliphatic heterocycles. The summed E-state index contributed by atoms with van der Waals surface area (Å²) in [5.41, 5.74) is -1.50. The summed E-state index contributed by atoms with van der Waals surface area (Å²) in [6.07, 6.45) is -5.35. The number of anilines is 1. The summed E-state index contributed by atoms with van der Waals surface area (Å²) in [6, 6.07) is 6.77. The van der Waals surface area contributed by atoms with Crippen molar-refractivity contribution in [2.45, 2.75) is 19.5 Å². The minimum atomic E-state index is -4.83. The third kappa shape index (κ3) is 2.31. The number of nitrogens with zero attached hydrogens (tertiary/aromatic N) is 2. The lowest BCUT2D eigenvalue weighted by Crippen LogP contribution is -2.47. The topological polar surface area (TPSA) is 64.3 Å². The summed E-state index contributed by atoms with van der Waals surface area (Å²) >= 11 is 0. The molecule has 21 heavy (non-hydrogen) atoms. The highest BCUT2D eigenvalue weighted by Gasteiger charge is 2.63. The molecule has 2 rings (SSSR count). The summed E-state index contributed by atoms with van der Waals surface area (Å²) in [4.78, 5) is 12.5. The summed E-state index contributed by atoms with van der Waals surface area (Å²) < 4.78 is 39.5. The van der Waals surface area contributed by atoms with Gasteiger partial charge in [0.05, 0.1) is 11.3 Å². The summed E-state index contributed by atoms with van der Waals surface area (Å²) in [7, 11) is 0. The van der Waals surface area contributed by atoms with Gasteiger partial charge in [-0.15, -0.1) is 0 Å². The van der Waals surface area contributed by atoms with E-state index in [-0.39, 0.29) is 12.1 Å². The van der Waals surface area contributed by atoms with Crippen molar-refractivity contribution in [2.24, 2.45) is 5.41 Å². The molecule has 0 amide bonds. The van der Waals surface area contributed by atoms with Gasteiger partial charge in [-0.05, 0) is 25.0 Å². The van der Waals surface area contributed by atoms with Gasteiger partial charge in [-0.3, -0.25) is 4.79 Å². The van der Waals surface area contributed by atoms with Gasteiger partial charge in [0, 0.05) is 13.1 Å². The Kier molecular flexibility index (Phi) is 3.58. The lowest BCUT2D eigenvalue weighted by Gasteiger charge is -2.28. The highest BCUT2D eigenvalue weighted by Crippen LogP contribution is 2.47. The number of aliphatic carboxylic acids is 1. The summed E-state index contributed by atoms with van der Waals surface area (Å²) in [6.45, 7) is 0.960. The van der Waals surface area contributed by atoms with Crippen molar-refractivity contribution < 1.29 is 23.1 Å². The van der Waals surface area contributed by atoms with Crippen LogP contribution in [0.4, 0.5) is 18.9 Å². The van der Waals surface area contributed by atoms with Crippen molar-refractivity contribution >= 4 is 11.7 Å². The third-order valence-electron chi connectivity index (χ3n) is 3.90. The number of para-hydroxylation sites is 1. The van der Waals surface area contributed by atoms with Gasteiger partial charge in [0.2, 0.25) is 0 Å². The zero-order valence-electron chi connectivity index (χ0n) is 11.2. The highest BCUT2D eigenvalue weighted by molar-refractivity contribution is 5.78. The lowest BCUT2D eigenvalue weighted by atomic mass is 9.86. The first-order valence-electron chi connectivity index (χ1n) is 6.28. The van der Waals surface area contributed by atoms with Crippen molar-refractivity contribution in [3.63, 3.8) is 0 Å². The van der Waals surface area contributed by atoms with E-state index in [0.717, 1.165) is 0 Å². The van der Waals surface area contributed by atoms with Crippen molar-refractivity contribution in [3.8, 4) is 6.07 Å². The van der Waals surface area contributed by atoms with Crippen LogP contribution in [0.5, 0.6) is 0 Å². The zero-order chi connectivity index (χ0) is 15.8. The molecule has 0 bridgehead atoms. The molecule has 0 aliphatic carbocycles. The average molecular weight is 298 g/mol. The number of halogens is 3. The molecule has 1 N–H and O–H groups in total. The van der Waals surface area contributed by atoms with Crippen molar-refractivity contribution in [2.75, 3.05) is 18.0 Å². The number of hydrogen-bond donors (Lipinski definition) is 1. The molecular weight excluding hydrogens is 285 g/mol. The first-order chi connectivity index (χ1) is 9.73. The smallest absolute Gasteiger partial charge is 0.406 e. The van der Waals surface area contributed by atoms with Crippen LogP contribution in [0.1, 0.15) is 17.5 Å². The van der Waals surface area contributed by atoms with Crippen LogP contribution in [-0.4, -0.2) is 30.3 Å². The Morgan fingerprint density at radius 3 is 2.62 bits per heavy atom. The maximum absolute atomic E-state index is 13.2. The van der Waals surface area contributed by atoms with Crippen molar-refractivity contribution in [1.82, 2.24) is 0 Å². The molecule has 7 heteroatoms. The molecule has 1 atom stereocenters. The van der Waals surface area contributed by atoms with E-state index >= 15 is 0 Å². The number of carboxylic acid groups (broad SMARTS) is 1. The predicted octanol–water partition coefficient (Wildman–Crippen LogP) is 2.71. The number of benzene rings is 1. The number of alkyl halides is 3. The Morgan fingerprint density at radius 2 is 2.14 bits per heavy atom. The molecule has 0 aromatic heterocycles. The zero-order valence-corrected chi connectivity index (χ0v) is 11.2. The molecule has 112 valence electrons.